The fourth-order valence-electron chi connectivity index (χ4n) is 5.05. The number of alkyl halides is 1. The number of amides is 2. The number of rotatable bonds is 1. The van der Waals surface area contributed by atoms with E-state index in [4.69, 9.17) is 11.6 Å². The minimum atomic E-state index is -0.955. The lowest BCUT2D eigenvalue weighted by atomic mass is 9.54. The van der Waals surface area contributed by atoms with Crippen molar-refractivity contribution in [3.8, 4) is 0 Å². The number of hydrogen-bond acceptors (Lipinski definition) is 2. The van der Waals surface area contributed by atoms with Crippen LogP contribution in [0.3, 0.4) is 0 Å². The average molecular weight is 338 g/mol. The molecule has 4 aliphatic rings. The highest BCUT2D eigenvalue weighted by atomic mass is 35.5. The van der Waals surface area contributed by atoms with Gasteiger partial charge in [0.05, 0.1) is 11.8 Å². The van der Waals surface area contributed by atoms with E-state index in [0.717, 1.165) is 22.3 Å². The van der Waals surface area contributed by atoms with E-state index in [1.165, 1.54) is 4.90 Å². The predicted octanol–water partition coefficient (Wildman–Crippen LogP) is 3.25. The molecule has 24 heavy (non-hydrogen) atoms. The Morgan fingerprint density at radius 1 is 0.958 bits per heavy atom. The highest BCUT2D eigenvalue weighted by Gasteiger charge is 2.67. The van der Waals surface area contributed by atoms with Gasteiger partial charge in [0.25, 0.3) is 0 Å². The molecule has 1 fully saturated rings. The molecule has 0 aromatic heterocycles. The largest absolute Gasteiger partial charge is 0.282 e. The molecule has 0 radical (unpaired) electrons. The van der Waals surface area contributed by atoms with E-state index in [2.05, 4.69) is 12.1 Å². The first-order valence-corrected chi connectivity index (χ1v) is 8.71. The van der Waals surface area contributed by atoms with E-state index in [9.17, 15) is 9.59 Å². The Hall–Kier alpha value is -2.13. The first-order valence-electron chi connectivity index (χ1n) is 8.33. The van der Waals surface area contributed by atoms with Crippen LogP contribution in [0, 0.1) is 11.8 Å². The van der Waals surface area contributed by atoms with Crippen molar-refractivity contribution in [1.82, 2.24) is 4.90 Å². The smallest absolute Gasteiger partial charge is 0.235 e. The summed E-state index contributed by atoms with van der Waals surface area (Å²) in [4.78, 5) is 26.4. The van der Waals surface area contributed by atoms with E-state index in [1.54, 1.807) is 0 Å². The van der Waals surface area contributed by atoms with E-state index >= 15 is 0 Å². The maximum atomic E-state index is 13.0. The molecule has 2 unspecified atom stereocenters. The second-order valence-corrected chi connectivity index (χ2v) is 7.38. The van der Waals surface area contributed by atoms with Gasteiger partial charge in [-0.15, -0.1) is 11.6 Å². The van der Waals surface area contributed by atoms with Crippen molar-refractivity contribution in [3.63, 3.8) is 0 Å². The fourth-order valence-corrected chi connectivity index (χ4v) is 5.62. The van der Waals surface area contributed by atoms with Gasteiger partial charge in [-0.05, 0) is 29.2 Å². The van der Waals surface area contributed by atoms with Gasteiger partial charge in [-0.1, -0.05) is 48.5 Å². The summed E-state index contributed by atoms with van der Waals surface area (Å²) < 4.78 is 0. The van der Waals surface area contributed by atoms with Crippen LogP contribution in [0.2, 0.25) is 0 Å². The number of nitrogens with zero attached hydrogens (tertiary/aromatic N) is 1. The number of carbonyl (C=O) groups excluding carboxylic acids is 2. The van der Waals surface area contributed by atoms with Crippen LogP contribution in [0.4, 0.5) is 0 Å². The summed E-state index contributed by atoms with van der Waals surface area (Å²) in [6.45, 7) is 2.24. The Morgan fingerprint density at radius 2 is 1.50 bits per heavy atom. The molecule has 2 amide bonds. The molecule has 4 heteroatoms. The summed E-state index contributed by atoms with van der Waals surface area (Å²) in [5, 5.41) is 0. The lowest BCUT2D eigenvalue weighted by Crippen LogP contribution is -2.50. The number of imide groups is 1. The van der Waals surface area contributed by atoms with Gasteiger partial charge in [0.2, 0.25) is 11.8 Å². The van der Waals surface area contributed by atoms with E-state index < -0.39 is 10.8 Å². The molecule has 120 valence electrons. The van der Waals surface area contributed by atoms with Crippen LogP contribution < -0.4 is 0 Å². The Balaban J connectivity index is 1.88. The first-order chi connectivity index (χ1) is 11.6. The molecule has 2 aromatic rings. The maximum Gasteiger partial charge on any atom is 0.235 e. The van der Waals surface area contributed by atoms with Crippen molar-refractivity contribution in [2.45, 2.75) is 17.7 Å². The summed E-state index contributed by atoms with van der Waals surface area (Å²) in [5.41, 5.74) is 4.14. The summed E-state index contributed by atoms with van der Waals surface area (Å²) in [6, 6.07) is 16.0. The van der Waals surface area contributed by atoms with Crippen molar-refractivity contribution in [2.24, 2.45) is 11.8 Å². The minimum Gasteiger partial charge on any atom is -0.282 e. The van der Waals surface area contributed by atoms with Gasteiger partial charge < -0.3 is 0 Å². The second-order valence-electron chi connectivity index (χ2n) is 6.79. The van der Waals surface area contributed by atoms with Gasteiger partial charge in [0, 0.05) is 12.5 Å². The molecule has 6 rings (SSSR count). The van der Waals surface area contributed by atoms with Crippen molar-refractivity contribution >= 4 is 23.4 Å². The van der Waals surface area contributed by atoms with Crippen molar-refractivity contribution in [3.05, 3.63) is 70.8 Å². The van der Waals surface area contributed by atoms with Crippen LogP contribution in [-0.2, 0) is 14.5 Å². The first kappa shape index (κ1) is 14.2. The zero-order valence-corrected chi connectivity index (χ0v) is 14.0. The molecule has 1 aliphatic heterocycles. The molecule has 1 saturated heterocycles. The molecule has 2 bridgehead atoms. The summed E-state index contributed by atoms with van der Waals surface area (Å²) >= 11 is 7.24. The predicted molar refractivity (Wildman–Crippen MR) is 90.7 cm³/mol. The molecule has 0 saturated carbocycles. The quantitative estimate of drug-likeness (QED) is 0.591. The minimum absolute atomic E-state index is 0.0773. The Morgan fingerprint density at radius 3 is 2.04 bits per heavy atom. The number of hydrogen-bond donors (Lipinski definition) is 0. The summed E-state index contributed by atoms with van der Waals surface area (Å²) in [6.07, 6.45) is 0. The normalized spacial score (nSPS) is 32.6. The van der Waals surface area contributed by atoms with Crippen molar-refractivity contribution in [1.29, 1.82) is 0 Å². The molecule has 3 nitrogen and oxygen atoms in total. The standard InChI is InChI=1S/C20H16ClNO2/c1-2-22-18(23)16-15-11-7-3-5-9-13(11)20(21,17(16)19(22)24)14-10-6-4-8-12(14)15/h3-10,15-17H,2H2,1H3. The lowest BCUT2D eigenvalue weighted by molar-refractivity contribution is -0.139. The van der Waals surface area contributed by atoms with Crippen LogP contribution in [-0.4, -0.2) is 23.3 Å². The molecule has 3 aliphatic carbocycles. The summed E-state index contributed by atoms with van der Waals surface area (Å²) in [7, 11) is 0. The Labute approximate surface area is 145 Å². The highest BCUT2D eigenvalue weighted by Crippen LogP contribution is 2.65. The van der Waals surface area contributed by atoms with E-state index in [0.29, 0.717) is 6.54 Å². The zero-order valence-electron chi connectivity index (χ0n) is 13.2. The van der Waals surface area contributed by atoms with Gasteiger partial charge in [-0.3, -0.25) is 14.5 Å². The SMILES string of the molecule is CCN1C(=O)C2C3c4ccccc4C(Cl)(c4ccccc43)C2C1=O. The van der Waals surface area contributed by atoms with Gasteiger partial charge in [-0.2, -0.15) is 0 Å². The van der Waals surface area contributed by atoms with Crippen LogP contribution >= 0.6 is 11.6 Å². The molecule has 2 aromatic carbocycles. The number of likely N-dealkylation sites (tertiary alicyclic amines) is 1. The molecule has 2 atom stereocenters. The second kappa shape index (κ2) is 4.48. The third-order valence-electron chi connectivity index (χ3n) is 5.92. The van der Waals surface area contributed by atoms with Gasteiger partial charge in [0.15, 0.2) is 0 Å². The fraction of sp³-hybridized carbons (Fsp3) is 0.300. The Kier molecular flexibility index (Phi) is 2.66. The number of halogens is 1. The maximum absolute atomic E-state index is 13.0. The molecule has 0 N–H and O–H groups in total. The van der Waals surface area contributed by atoms with Crippen LogP contribution in [0.1, 0.15) is 35.1 Å². The molecular formula is C20H16ClNO2. The molecular weight excluding hydrogens is 322 g/mol. The van der Waals surface area contributed by atoms with Crippen LogP contribution in [0.5, 0.6) is 0 Å². The third kappa shape index (κ3) is 1.37. The van der Waals surface area contributed by atoms with Crippen LogP contribution in [0.15, 0.2) is 48.5 Å². The van der Waals surface area contributed by atoms with E-state index in [-0.39, 0.29) is 23.7 Å². The van der Waals surface area contributed by atoms with Crippen molar-refractivity contribution < 1.29 is 9.59 Å². The number of benzene rings is 2. The van der Waals surface area contributed by atoms with Gasteiger partial charge in [0.1, 0.15) is 4.87 Å². The Bertz CT molecular complexity index is 859. The lowest BCUT2D eigenvalue weighted by Gasteiger charge is -2.50. The number of carbonyl (C=O) groups is 2. The molecule has 0 spiro atoms. The van der Waals surface area contributed by atoms with E-state index in [1.807, 2.05) is 43.3 Å². The average Bonchev–Trinajstić information content (AvgIpc) is 2.87. The van der Waals surface area contributed by atoms with Gasteiger partial charge in [-0.25, -0.2) is 0 Å². The van der Waals surface area contributed by atoms with Crippen LogP contribution in [0.25, 0.3) is 0 Å². The topological polar surface area (TPSA) is 37.4 Å². The van der Waals surface area contributed by atoms with Gasteiger partial charge >= 0.3 is 0 Å². The molecule has 1 heterocycles. The third-order valence-corrected chi connectivity index (χ3v) is 6.56. The monoisotopic (exact) mass is 337 g/mol. The highest BCUT2D eigenvalue weighted by molar-refractivity contribution is 6.30. The zero-order chi connectivity index (χ0) is 16.6. The van der Waals surface area contributed by atoms with Crippen molar-refractivity contribution in [2.75, 3.05) is 6.54 Å². The summed E-state index contributed by atoms with van der Waals surface area (Å²) in [5.74, 6) is -1.19.